The van der Waals surface area contributed by atoms with E-state index in [2.05, 4.69) is 10.2 Å². The first-order chi connectivity index (χ1) is 25.9. The molecule has 0 aromatic heterocycles. The number of phenolic OH excluding ortho intramolecular Hbond substituents is 2. The molecule has 286 valence electrons. The zero-order valence-electron chi connectivity index (χ0n) is 30.8. The van der Waals surface area contributed by atoms with Crippen molar-refractivity contribution in [3.63, 3.8) is 0 Å². The standard InChI is InChI=1S/C39H43N3O11S/c1-16-9-20-10-22-37(46)42-23-13-50-38(47)39(21-12-25(48-5)24(44)11-19(21)7-8-40-39)14-54-36(30(42)29(41(22)4)26(20)31(45)32(16)49-6)28-27(23)35-34(51-15-52-35)17(2)33(28)53-18(3)43/h9,11-12,22-23,29-30,36-37,40,44-46H,7-8,10,13-15H2,1-6H3/t22-,23+,29+,30-,36-,37+,39-/m1/s1. The van der Waals surface area contributed by atoms with Crippen LogP contribution < -0.4 is 29.0 Å². The molecule has 0 saturated carbocycles. The fourth-order valence-corrected chi connectivity index (χ4v) is 11.7. The lowest BCUT2D eigenvalue weighted by atomic mass is 9.73. The van der Waals surface area contributed by atoms with Gasteiger partial charge in [-0.05, 0) is 68.1 Å². The summed E-state index contributed by atoms with van der Waals surface area (Å²) in [6.07, 6.45) is -0.0282. The van der Waals surface area contributed by atoms with Crippen LogP contribution in [0.15, 0.2) is 18.2 Å². The Hall–Kier alpha value is -4.41. The van der Waals surface area contributed by atoms with Gasteiger partial charge in [0.2, 0.25) is 6.79 Å². The van der Waals surface area contributed by atoms with E-state index in [-0.39, 0.29) is 42.4 Å². The largest absolute Gasteiger partial charge is 0.504 e. The van der Waals surface area contributed by atoms with E-state index in [0.717, 1.165) is 16.7 Å². The smallest absolute Gasteiger partial charge is 0.331 e. The van der Waals surface area contributed by atoms with Crippen molar-refractivity contribution < 1.29 is 53.3 Å². The van der Waals surface area contributed by atoms with Gasteiger partial charge in [-0.2, -0.15) is 0 Å². The summed E-state index contributed by atoms with van der Waals surface area (Å²) < 4.78 is 35.9. The molecule has 14 nitrogen and oxygen atoms in total. The van der Waals surface area contributed by atoms with E-state index in [9.17, 15) is 24.9 Å². The first-order valence-electron chi connectivity index (χ1n) is 18.1. The van der Waals surface area contributed by atoms with Crippen LogP contribution in [0.25, 0.3) is 0 Å². The number of rotatable bonds is 3. The molecule has 0 unspecified atom stereocenters. The Morgan fingerprint density at radius 1 is 1.02 bits per heavy atom. The number of carbonyl (C=O) groups excluding carboxylic acids is 2. The molecule has 0 radical (unpaired) electrons. The number of aliphatic hydroxyl groups excluding tert-OH is 1. The predicted molar refractivity (Wildman–Crippen MR) is 195 cm³/mol. The van der Waals surface area contributed by atoms with Crippen LogP contribution in [-0.4, -0.2) is 102 Å². The summed E-state index contributed by atoms with van der Waals surface area (Å²) in [5.74, 6) is 0.949. The van der Waals surface area contributed by atoms with Gasteiger partial charge in [-0.1, -0.05) is 6.07 Å². The summed E-state index contributed by atoms with van der Waals surface area (Å²) >= 11 is 1.47. The third kappa shape index (κ3) is 4.74. The van der Waals surface area contributed by atoms with Crippen LogP contribution in [0.2, 0.25) is 0 Å². The number of hydrogen-bond acceptors (Lipinski definition) is 15. The number of phenols is 2. The van der Waals surface area contributed by atoms with E-state index < -0.39 is 47.1 Å². The van der Waals surface area contributed by atoms with E-state index in [0.29, 0.717) is 70.2 Å². The second-order valence-corrected chi connectivity index (χ2v) is 16.1. The molecule has 4 bridgehead atoms. The number of nitrogens with one attached hydrogen (secondary N) is 1. The van der Waals surface area contributed by atoms with E-state index >= 15 is 0 Å². The summed E-state index contributed by atoms with van der Waals surface area (Å²) in [7, 11) is 4.96. The molecule has 1 spiro atoms. The van der Waals surface area contributed by atoms with Crippen molar-refractivity contribution in [1.82, 2.24) is 15.1 Å². The summed E-state index contributed by atoms with van der Waals surface area (Å²) in [4.78, 5) is 31.7. The lowest BCUT2D eigenvalue weighted by Crippen LogP contribution is -2.70. The van der Waals surface area contributed by atoms with Gasteiger partial charge in [0.15, 0.2) is 40.0 Å². The number of methoxy groups -OCH3 is 2. The number of hydrogen-bond donors (Lipinski definition) is 4. The minimum atomic E-state index is -1.36. The maximum absolute atomic E-state index is 14.7. The van der Waals surface area contributed by atoms with Crippen molar-refractivity contribution in [1.29, 1.82) is 0 Å². The number of aryl methyl sites for hydroxylation is 1. The first kappa shape index (κ1) is 35.3. The molecule has 15 heteroatoms. The number of piperazine rings is 1. The Balaban J connectivity index is 1.32. The average molecular weight is 762 g/mol. The van der Waals surface area contributed by atoms with Crippen LogP contribution in [0.3, 0.4) is 0 Å². The molecule has 4 N–H and O–H groups in total. The van der Waals surface area contributed by atoms with Crippen molar-refractivity contribution in [2.45, 2.75) is 74.8 Å². The van der Waals surface area contributed by atoms with Gasteiger partial charge in [-0.3, -0.25) is 19.9 Å². The highest BCUT2D eigenvalue weighted by Gasteiger charge is 2.61. The van der Waals surface area contributed by atoms with Crippen LogP contribution in [0.5, 0.6) is 40.2 Å². The summed E-state index contributed by atoms with van der Waals surface area (Å²) in [6.45, 7) is 5.26. The predicted octanol–water partition coefficient (Wildman–Crippen LogP) is 3.41. The topological polar surface area (TPSA) is 169 Å². The average Bonchev–Trinajstić information content (AvgIpc) is 3.63. The third-order valence-electron chi connectivity index (χ3n) is 12.3. The zero-order chi connectivity index (χ0) is 38.0. The normalized spacial score (nSPS) is 29.4. The number of aromatic hydroxyl groups is 2. The Morgan fingerprint density at radius 2 is 1.80 bits per heavy atom. The number of ether oxygens (including phenoxy) is 6. The van der Waals surface area contributed by atoms with Gasteiger partial charge in [0.05, 0.1) is 37.6 Å². The Morgan fingerprint density at radius 3 is 2.54 bits per heavy atom. The molecule has 7 aliphatic heterocycles. The van der Waals surface area contributed by atoms with Crippen molar-refractivity contribution in [3.8, 4) is 40.2 Å². The highest BCUT2D eigenvalue weighted by Crippen LogP contribution is 2.64. The fraction of sp³-hybridized carbons (Fsp3) is 0.487. The second-order valence-electron chi connectivity index (χ2n) is 14.9. The van der Waals surface area contributed by atoms with Crippen LogP contribution in [0.1, 0.15) is 68.8 Å². The lowest BCUT2D eigenvalue weighted by Gasteiger charge is -2.62. The van der Waals surface area contributed by atoms with Crippen LogP contribution >= 0.6 is 11.8 Å². The molecule has 10 rings (SSSR count). The van der Waals surface area contributed by atoms with Gasteiger partial charge in [-0.25, -0.2) is 4.79 Å². The molecule has 54 heavy (non-hydrogen) atoms. The van der Waals surface area contributed by atoms with Crippen molar-refractivity contribution >= 4 is 23.7 Å². The van der Waals surface area contributed by atoms with Gasteiger partial charge in [0.1, 0.15) is 18.6 Å². The maximum Gasteiger partial charge on any atom is 0.331 e. The van der Waals surface area contributed by atoms with Gasteiger partial charge >= 0.3 is 11.9 Å². The highest BCUT2D eigenvalue weighted by molar-refractivity contribution is 7.99. The molecule has 3 aromatic carbocycles. The zero-order valence-corrected chi connectivity index (χ0v) is 31.7. The summed E-state index contributed by atoms with van der Waals surface area (Å²) in [6, 6.07) is 3.13. The molecular formula is C39H43N3O11S. The molecule has 0 amide bonds. The van der Waals surface area contributed by atoms with Gasteiger partial charge in [-0.15, -0.1) is 11.8 Å². The van der Waals surface area contributed by atoms with E-state index in [1.54, 1.807) is 12.1 Å². The molecule has 7 atom stereocenters. The highest BCUT2D eigenvalue weighted by atomic mass is 32.2. The Bertz CT molecular complexity index is 2130. The molecule has 2 fully saturated rings. The fourth-order valence-electron chi connectivity index (χ4n) is 10.00. The van der Waals surface area contributed by atoms with Crippen molar-refractivity contribution in [2.24, 2.45) is 0 Å². The quantitative estimate of drug-likeness (QED) is 0.226. The molecule has 3 aromatic rings. The second kappa shape index (κ2) is 12.6. The Labute approximate surface area is 316 Å². The molecular weight excluding hydrogens is 719 g/mol. The number of benzene rings is 3. The molecule has 7 heterocycles. The summed E-state index contributed by atoms with van der Waals surface area (Å²) in [5.41, 5.74) is 4.36. The van der Waals surface area contributed by atoms with Crippen LogP contribution in [0, 0.1) is 13.8 Å². The molecule has 2 saturated heterocycles. The first-order valence-corrected chi connectivity index (χ1v) is 19.1. The number of nitrogens with zero attached hydrogens (tertiary/aromatic N) is 2. The molecule has 7 aliphatic rings. The number of esters is 2. The summed E-state index contributed by atoms with van der Waals surface area (Å²) in [5, 5.41) is 38.2. The van der Waals surface area contributed by atoms with Gasteiger partial charge in [0.25, 0.3) is 0 Å². The molecule has 0 aliphatic carbocycles. The van der Waals surface area contributed by atoms with Crippen molar-refractivity contribution in [3.05, 3.63) is 62.7 Å². The van der Waals surface area contributed by atoms with Crippen LogP contribution in [0.4, 0.5) is 0 Å². The number of thioether (sulfide) groups is 1. The number of carbonyl (C=O) groups is 2. The number of aliphatic hydroxyl groups is 1. The van der Waals surface area contributed by atoms with E-state index in [4.69, 9.17) is 28.4 Å². The van der Waals surface area contributed by atoms with E-state index in [1.807, 2.05) is 31.9 Å². The Kier molecular flexibility index (Phi) is 8.21. The number of likely N-dealkylation sites (N-methyl/N-ethyl adjacent to an activating group) is 1. The third-order valence-corrected chi connectivity index (χ3v) is 13.7. The van der Waals surface area contributed by atoms with Gasteiger partial charge in [0, 0.05) is 47.5 Å². The maximum atomic E-state index is 14.7. The number of fused-ring (bicyclic) bond motifs is 9. The van der Waals surface area contributed by atoms with Crippen LogP contribution in [-0.2, 0) is 32.7 Å². The lowest BCUT2D eigenvalue weighted by molar-refractivity contribution is -0.186. The minimum Gasteiger partial charge on any atom is -0.504 e. The SMILES string of the molecule is COc1cc2c(cc1O)CCN[C@]21CS[C@@H]2c3c(OC(C)=O)c(C)c4c(c3[C@H](COC1=O)N1[C@@H]2[C@@H]2c3c(cc(C)c(OC)c3O)C[C@H]([C@@H]1O)N2C)OCO4. The minimum absolute atomic E-state index is 0.0226. The van der Waals surface area contributed by atoms with Gasteiger partial charge < -0.3 is 43.7 Å². The van der Waals surface area contributed by atoms with Crippen molar-refractivity contribution in [2.75, 3.05) is 47.0 Å². The van der Waals surface area contributed by atoms with E-state index in [1.165, 1.54) is 32.9 Å². The monoisotopic (exact) mass is 761 g/mol.